The van der Waals surface area contributed by atoms with Crippen molar-refractivity contribution in [2.75, 3.05) is 24.5 Å². The lowest BCUT2D eigenvalue weighted by molar-refractivity contribution is 0.282. The average molecular weight is 401 g/mol. The highest BCUT2D eigenvalue weighted by Gasteiger charge is 2.60. The standard InChI is InChI=1S/C24H28N6/c1-23(2,3)22-13-24(22)16-30(11-10-29-24)21-6-7-25-15-20(21)28-14-17-4-5-18-19(12-17)27-9-8-26-18/h4-9,12,14-15,22,29H,10-11,13,16H2,1-3H3. The van der Waals surface area contributed by atoms with Gasteiger partial charge in [0.25, 0.3) is 0 Å². The van der Waals surface area contributed by atoms with Gasteiger partial charge in [-0.25, -0.2) is 0 Å². The molecule has 30 heavy (non-hydrogen) atoms. The third-order valence-electron chi connectivity index (χ3n) is 6.42. The highest BCUT2D eigenvalue weighted by molar-refractivity contribution is 5.89. The van der Waals surface area contributed by atoms with Gasteiger partial charge in [0, 0.05) is 50.0 Å². The lowest BCUT2D eigenvalue weighted by atomic mass is 9.86. The quantitative estimate of drug-likeness (QED) is 0.674. The lowest BCUT2D eigenvalue weighted by Crippen LogP contribution is -2.54. The molecule has 2 aromatic heterocycles. The molecular formula is C24H28N6. The monoisotopic (exact) mass is 400 g/mol. The molecule has 2 atom stereocenters. The fraction of sp³-hybridized carbons (Fsp3) is 0.417. The number of hydrogen-bond donors (Lipinski definition) is 1. The van der Waals surface area contributed by atoms with Gasteiger partial charge < -0.3 is 10.2 Å². The summed E-state index contributed by atoms with van der Waals surface area (Å²) in [5.74, 6) is 0.709. The van der Waals surface area contributed by atoms with Gasteiger partial charge in [0.05, 0.1) is 22.9 Å². The molecule has 6 nitrogen and oxygen atoms in total. The number of aliphatic imine (C=N–C) groups is 1. The number of fused-ring (bicyclic) bond motifs is 1. The van der Waals surface area contributed by atoms with E-state index in [2.05, 4.69) is 52.0 Å². The third-order valence-corrected chi connectivity index (χ3v) is 6.42. The van der Waals surface area contributed by atoms with E-state index in [1.54, 1.807) is 12.4 Å². The van der Waals surface area contributed by atoms with E-state index in [1.807, 2.05) is 36.8 Å². The fourth-order valence-electron chi connectivity index (χ4n) is 4.88. The van der Waals surface area contributed by atoms with Gasteiger partial charge >= 0.3 is 0 Å². The number of anilines is 1. The van der Waals surface area contributed by atoms with E-state index in [4.69, 9.17) is 4.99 Å². The number of pyridine rings is 1. The molecule has 1 saturated carbocycles. The van der Waals surface area contributed by atoms with Gasteiger partial charge in [-0.3, -0.25) is 19.9 Å². The van der Waals surface area contributed by atoms with Crippen LogP contribution in [0.25, 0.3) is 11.0 Å². The first-order valence-corrected chi connectivity index (χ1v) is 10.6. The summed E-state index contributed by atoms with van der Waals surface area (Å²) >= 11 is 0. The topological polar surface area (TPSA) is 66.3 Å². The van der Waals surface area contributed by atoms with Gasteiger partial charge in [0.1, 0.15) is 5.69 Å². The zero-order valence-electron chi connectivity index (χ0n) is 17.8. The number of nitrogens with zero attached hydrogens (tertiary/aromatic N) is 5. The first-order chi connectivity index (χ1) is 14.4. The lowest BCUT2D eigenvalue weighted by Gasteiger charge is -2.38. The Balaban J connectivity index is 1.39. The molecule has 3 heterocycles. The normalized spacial score (nSPS) is 24.1. The second-order valence-electron chi connectivity index (χ2n) is 9.55. The smallest absolute Gasteiger partial charge is 0.105 e. The zero-order valence-corrected chi connectivity index (χ0v) is 17.8. The van der Waals surface area contributed by atoms with Crippen LogP contribution in [0, 0.1) is 11.3 Å². The van der Waals surface area contributed by atoms with Crippen molar-refractivity contribution in [2.45, 2.75) is 32.7 Å². The second kappa shape index (κ2) is 7.13. The molecule has 1 saturated heterocycles. The molecule has 2 unspecified atom stereocenters. The first-order valence-electron chi connectivity index (χ1n) is 10.6. The van der Waals surface area contributed by atoms with Crippen LogP contribution in [-0.4, -0.2) is 46.3 Å². The van der Waals surface area contributed by atoms with Crippen molar-refractivity contribution in [1.29, 1.82) is 0 Å². The Morgan fingerprint density at radius 1 is 1.13 bits per heavy atom. The Labute approximate surface area is 177 Å². The molecule has 1 aliphatic carbocycles. The molecule has 2 fully saturated rings. The predicted octanol–water partition coefficient (Wildman–Crippen LogP) is 3.99. The summed E-state index contributed by atoms with van der Waals surface area (Å²) in [6.07, 6.45) is 10.3. The number of hydrogen-bond acceptors (Lipinski definition) is 6. The fourth-order valence-corrected chi connectivity index (χ4v) is 4.88. The minimum absolute atomic E-state index is 0.234. The second-order valence-corrected chi connectivity index (χ2v) is 9.55. The summed E-state index contributed by atoms with van der Waals surface area (Å²) in [6, 6.07) is 8.11. The van der Waals surface area contributed by atoms with Crippen LogP contribution >= 0.6 is 0 Å². The summed E-state index contributed by atoms with van der Waals surface area (Å²) < 4.78 is 0. The first kappa shape index (κ1) is 19.1. The van der Waals surface area contributed by atoms with Crippen molar-refractivity contribution in [3.8, 4) is 0 Å². The molecule has 1 aliphatic heterocycles. The van der Waals surface area contributed by atoms with Crippen LogP contribution in [0.15, 0.2) is 54.0 Å². The van der Waals surface area contributed by atoms with E-state index >= 15 is 0 Å². The number of aromatic nitrogens is 3. The van der Waals surface area contributed by atoms with E-state index in [0.717, 1.165) is 47.6 Å². The van der Waals surface area contributed by atoms with Crippen molar-refractivity contribution in [3.63, 3.8) is 0 Å². The van der Waals surface area contributed by atoms with Gasteiger partial charge in [-0.15, -0.1) is 0 Å². The van der Waals surface area contributed by atoms with Gasteiger partial charge in [-0.05, 0) is 41.5 Å². The molecule has 0 amide bonds. The SMILES string of the molecule is CC(C)(C)C1CC12CN(c1ccncc1N=Cc1ccc3nccnc3c1)CCN2. The van der Waals surface area contributed by atoms with Gasteiger partial charge in [0.2, 0.25) is 0 Å². The van der Waals surface area contributed by atoms with Crippen LogP contribution in [0.1, 0.15) is 32.8 Å². The van der Waals surface area contributed by atoms with Crippen LogP contribution in [0.2, 0.25) is 0 Å². The number of nitrogens with one attached hydrogen (secondary N) is 1. The molecule has 0 radical (unpaired) electrons. The van der Waals surface area contributed by atoms with Crippen LogP contribution in [0.4, 0.5) is 11.4 Å². The molecule has 0 bridgehead atoms. The number of benzene rings is 1. The maximum atomic E-state index is 4.80. The van der Waals surface area contributed by atoms with Crippen LogP contribution in [0.3, 0.4) is 0 Å². The summed E-state index contributed by atoms with van der Waals surface area (Å²) in [5.41, 5.74) is 5.39. The van der Waals surface area contributed by atoms with Crippen molar-refractivity contribution in [2.24, 2.45) is 16.3 Å². The van der Waals surface area contributed by atoms with Gasteiger partial charge in [-0.1, -0.05) is 26.8 Å². The Hall–Kier alpha value is -2.86. The Kier molecular flexibility index (Phi) is 4.54. The van der Waals surface area contributed by atoms with E-state index < -0.39 is 0 Å². The zero-order chi connectivity index (χ0) is 20.8. The largest absolute Gasteiger partial charge is 0.367 e. The van der Waals surface area contributed by atoms with Gasteiger partial charge in [-0.2, -0.15) is 0 Å². The molecule has 1 spiro atoms. The van der Waals surface area contributed by atoms with Crippen molar-refractivity contribution >= 4 is 28.6 Å². The van der Waals surface area contributed by atoms with E-state index in [-0.39, 0.29) is 5.54 Å². The van der Waals surface area contributed by atoms with E-state index in [1.165, 1.54) is 6.42 Å². The highest BCUT2D eigenvalue weighted by Crippen LogP contribution is 2.55. The minimum Gasteiger partial charge on any atom is -0.367 e. The predicted molar refractivity (Wildman–Crippen MR) is 122 cm³/mol. The summed E-state index contributed by atoms with van der Waals surface area (Å²) in [5, 5.41) is 3.81. The molecule has 5 rings (SSSR count). The Bertz CT molecular complexity index is 1100. The van der Waals surface area contributed by atoms with Gasteiger partial charge in [0.15, 0.2) is 0 Å². The molecule has 1 N–H and O–H groups in total. The molecule has 2 aliphatic rings. The van der Waals surface area contributed by atoms with Crippen LogP contribution in [0.5, 0.6) is 0 Å². The highest BCUT2D eigenvalue weighted by atomic mass is 15.3. The third kappa shape index (κ3) is 3.56. The molecule has 154 valence electrons. The summed E-state index contributed by atoms with van der Waals surface area (Å²) in [6.45, 7) is 10.1. The van der Waals surface area contributed by atoms with Crippen molar-refractivity contribution in [3.05, 3.63) is 54.6 Å². The van der Waals surface area contributed by atoms with E-state index in [9.17, 15) is 0 Å². The maximum absolute atomic E-state index is 4.80. The number of rotatable bonds is 3. The Morgan fingerprint density at radius 3 is 2.77 bits per heavy atom. The molecular weight excluding hydrogens is 372 g/mol. The molecule has 6 heteroatoms. The summed E-state index contributed by atoms with van der Waals surface area (Å²) in [4.78, 5) is 20.3. The maximum Gasteiger partial charge on any atom is 0.105 e. The van der Waals surface area contributed by atoms with Crippen LogP contribution < -0.4 is 10.2 Å². The number of piperazine rings is 1. The minimum atomic E-state index is 0.234. The van der Waals surface area contributed by atoms with Crippen molar-refractivity contribution in [1.82, 2.24) is 20.3 Å². The van der Waals surface area contributed by atoms with E-state index in [0.29, 0.717) is 11.3 Å². The van der Waals surface area contributed by atoms with Crippen LogP contribution in [-0.2, 0) is 0 Å². The summed E-state index contributed by atoms with van der Waals surface area (Å²) in [7, 11) is 0. The molecule has 1 aromatic carbocycles. The average Bonchev–Trinajstić information content (AvgIpc) is 3.45. The van der Waals surface area contributed by atoms with Crippen molar-refractivity contribution < 1.29 is 0 Å². The Morgan fingerprint density at radius 2 is 1.97 bits per heavy atom. The molecule has 3 aromatic rings.